The van der Waals surface area contributed by atoms with Gasteiger partial charge >= 0.3 is 5.97 Å². The fourth-order valence-electron chi connectivity index (χ4n) is 2.56. The summed E-state index contributed by atoms with van der Waals surface area (Å²) in [5.41, 5.74) is 0.779. The highest BCUT2D eigenvalue weighted by atomic mass is 19.1. The summed E-state index contributed by atoms with van der Waals surface area (Å²) in [4.78, 5) is 13.4. The minimum atomic E-state index is -0.536. The molecule has 0 radical (unpaired) electrons. The van der Waals surface area contributed by atoms with Crippen molar-refractivity contribution in [2.45, 2.75) is 26.0 Å². The first-order valence-electron chi connectivity index (χ1n) is 6.78. The van der Waals surface area contributed by atoms with E-state index >= 15 is 0 Å². The molecular formula is C15H20FNO3. The van der Waals surface area contributed by atoms with Crippen LogP contribution in [0.4, 0.5) is 4.39 Å². The summed E-state index contributed by atoms with van der Waals surface area (Å²) in [6.07, 6.45) is 0.603. The van der Waals surface area contributed by atoms with Gasteiger partial charge in [0.05, 0.1) is 18.8 Å². The van der Waals surface area contributed by atoms with E-state index in [9.17, 15) is 14.3 Å². The van der Waals surface area contributed by atoms with Gasteiger partial charge in [-0.05, 0) is 37.9 Å². The summed E-state index contributed by atoms with van der Waals surface area (Å²) in [5, 5.41) is 9.56. The zero-order valence-corrected chi connectivity index (χ0v) is 11.8. The Hall–Kier alpha value is -1.46. The van der Waals surface area contributed by atoms with Crippen LogP contribution in [-0.4, -0.2) is 42.3 Å². The van der Waals surface area contributed by atoms with Crippen molar-refractivity contribution in [3.63, 3.8) is 0 Å². The molecule has 0 aromatic heterocycles. The number of methoxy groups -OCH3 is 1. The number of rotatable bonds is 4. The third-order valence-corrected chi connectivity index (χ3v) is 3.86. The van der Waals surface area contributed by atoms with E-state index in [-0.39, 0.29) is 17.6 Å². The topological polar surface area (TPSA) is 49.8 Å². The lowest BCUT2D eigenvalue weighted by atomic mass is 10.0. The third kappa shape index (κ3) is 3.35. The molecule has 1 aromatic carbocycles. The Morgan fingerprint density at radius 1 is 1.60 bits per heavy atom. The molecule has 1 aliphatic heterocycles. The highest BCUT2D eigenvalue weighted by Gasteiger charge is 2.26. The molecule has 1 aromatic rings. The first kappa shape index (κ1) is 14.9. The molecule has 1 aliphatic rings. The van der Waals surface area contributed by atoms with Crippen molar-refractivity contribution < 1.29 is 19.0 Å². The maximum Gasteiger partial charge on any atom is 0.337 e. The SMILES string of the molecule is COC(=O)c1ccc(CN2CCC(C(C)O)C2)c(F)c1. The average Bonchev–Trinajstić information content (AvgIpc) is 2.89. The van der Waals surface area contributed by atoms with Crippen molar-refractivity contribution >= 4 is 5.97 Å². The van der Waals surface area contributed by atoms with Crippen molar-refractivity contribution in [2.24, 2.45) is 5.92 Å². The Balaban J connectivity index is 2.02. The molecule has 0 bridgehead atoms. The van der Waals surface area contributed by atoms with E-state index in [0.717, 1.165) is 19.5 Å². The van der Waals surface area contributed by atoms with Gasteiger partial charge in [-0.2, -0.15) is 0 Å². The lowest BCUT2D eigenvalue weighted by Gasteiger charge is -2.18. The Labute approximate surface area is 118 Å². The number of ether oxygens (including phenoxy) is 1. The van der Waals surface area contributed by atoms with Crippen LogP contribution in [0.15, 0.2) is 18.2 Å². The molecule has 20 heavy (non-hydrogen) atoms. The highest BCUT2D eigenvalue weighted by Crippen LogP contribution is 2.22. The highest BCUT2D eigenvalue weighted by molar-refractivity contribution is 5.89. The fraction of sp³-hybridized carbons (Fsp3) is 0.533. The van der Waals surface area contributed by atoms with Crippen molar-refractivity contribution in [1.82, 2.24) is 4.90 Å². The number of carbonyl (C=O) groups excluding carboxylic acids is 1. The van der Waals surface area contributed by atoms with Crippen LogP contribution in [0.3, 0.4) is 0 Å². The van der Waals surface area contributed by atoms with E-state index in [4.69, 9.17) is 0 Å². The average molecular weight is 281 g/mol. The summed E-state index contributed by atoms with van der Waals surface area (Å²) in [6, 6.07) is 4.41. The lowest BCUT2D eigenvalue weighted by molar-refractivity contribution is 0.0600. The fourth-order valence-corrected chi connectivity index (χ4v) is 2.56. The molecular weight excluding hydrogens is 261 g/mol. The van der Waals surface area contributed by atoms with Crippen LogP contribution in [0.25, 0.3) is 0 Å². The van der Waals surface area contributed by atoms with Gasteiger partial charge in [-0.25, -0.2) is 9.18 Å². The Morgan fingerprint density at radius 3 is 2.90 bits per heavy atom. The Kier molecular flexibility index (Phi) is 4.73. The number of likely N-dealkylation sites (tertiary alicyclic amines) is 1. The zero-order valence-electron chi connectivity index (χ0n) is 11.8. The molecule has 4 nitrogen and oxygen atoms in total. The van der Waals surface area contributed by atoms with Gasteiger partial charge < -0.3 is 9.84 Å². The van der Waals surface area contributed by atoms with Gasteiger partial charge in [0.1, 0.15) is 5.82 Å². The smallest absolute Gasteiger partial charge is 0.337 e. The zero-order chi connectivity index (χ0) is 14.7. The molecule has 0 amide bonds. The van der Waals surface area contributed by atoms with Crippen LogP contribution < -0.4 is 0 Å². The predicted octanol–water partition coefficient (Wildman–Crippen LogP) is 1.81. The van der Waals surface area contributed by atoms with E-state index in [1.54, 1.807) is 19.1 Å². The molecule has 0 saturated carbocycles. The monoisotopic (exact) mass is 281 g/mol. The van der Waals surface area contributed by atoms with Crippen LogP contribution in [0, 0.1) is 11.7 Å². The van der Waals surface area contributed by atoms with Crippen LogP contribution in [0.2, 0.25) is 0 Å². The van der Waals surface area contributed by atoms with Crippen LogP contribution >= 0.6 is 0 Å². The molecule has 0 spiro atoms. The molecule has 1 heterocycles. The molecule has 1 saturated heterocycles. The van der Waals surface area contributed by atoms with Gasteiger partial charge in [0.15, 0.2) is 0 Å². The van der Waals surface area contributed by atoms with Gasteiger partial charge in [0.25, 0.3) is 0 Å². The predicted molar refractivity (Wildman–Crippen MR) is 72.8 cm³/mol. The van der Waals surface area contributed by atoms with E-state index in [0.29, 0.717) is 12.1 Å². The van der Waals surface area contributed by atoms with E-state index in [1.165, 1.54) is 13.2 Å². The summed E-state index contributed by atoms with van der Waals surface area (Å²) < 4.78 is 18.5. The van der Waals surface area contributed by atoms with Crippen molar-refractivity contribution in [2.75, 3.05) is 20.2 Å². The number of nitrogens with zero attached hydrogens (tertiary/aromatic N) is 1. The second kappa shape index (κ2) is 6.33. The second-order valence-electron chi connectivity index (χ2n) is 5.32. The first-order chi connectivity index (χ1) is 9.51. The van der Waals surface area contributed by atoms with Crippen molar-refractivity contribution in [3.8, 4) is 0 Å². The first-order valence-corrected chi connectivity index (χ1v) is 6.78. The quantitative estimate of drug-likeness (QED) is 0.855. The number of hydrogen-bond donors (Lipinski definition) is 1. The number of aliphatic hydroxyl groups excluding tert-OH is 1. The molecule has 5 heteroatoms. The third-order valence-electron chi connectivity index (χ3n) is 3.86. The normalized spacial score (nSPS) is 20.9. The van der Waals surface area contributed by atoms with Gasteiger partial charge in [-0.1, -0.05) is 6.07 Å². The molecule has 1 N–H and O–H groups in total. The lowest BCUT2D eigenvalue weighted by Crippen LogP contribution is -2.24. The number of carbonyl (C=O) groups is 1. The second-order valence-corrected chi connectivity index (χ2v) is 5.32. The molecule has 2 rings (SSSR count). The molecule has 0 aliphatic carbocycles. The Morgan fingerprint density at radius 2 is 2.35 bits per heavy atom. The molecule has 1 fully saturated rings. The summed E-state index contributed by atoms with van der Waals surface area (Å²) in [5.74, 6) is -0.674. The number of benzene rings is 1. The van der Waals surface area contributed by atoms with Gasteiger partial charge in [-0.15, -0.1) is 0 Å². The number of esters is 1. The maximum atomic E-state index is 14.0. The van der Waals surface area contributed by atoms with Crippen molar-refractivity contribution in [1.29, 1.82) is 0 Å². The molecule has 2 unspecified atom stereocenters. The van der Waals surface area contributed by atoms with Crippen LogP contribution in [-0.2, 0) is 11.3 Å². The number of aliphatic hydroxyl groups is 1. The summed E-state index contributed by atoms with van der Waals surface area (Å²) >= 11 is 0. The van der Waals surface area contributed by atoms with Gasteiger partial charge in [0.2, 0.25) is 0 Å². The standard InChI is InChI=1S/C15H20FNO3/c1-10(18)12-5-6-17(8-12)9-13-4-3-11(7-14(13)16)15(19)20-2/h3-4,7,10,12,18H,5-6,8-9H2,1-2H3. The van der Waals surface area contributed by atoms with Crippen LogP contribution in [0.5, 0.6) is 0 Å². The summed E-state index contributed by atoms with van der Waals surface area (Å²) in [7, 11) is 1.27. The minimum Gasteiger partial charge on any atom is -0.465 e. The van der Waals surface area contributed by atoms with E-state index < -0.39 is 11.8 Å². The maximum absolute atomic E-state index is 14.0. The van der Waals surface area contributed by atoms with Crippen molar-refractivity contribution in [3.05, 3.63) is 35.1 Å². The molecule has 2 atom stereocenters. The van der Waals surface area contributed by atoms with E-state index in [1.807, 2.05) is 0 Å². The molecule has 110 valence electrons. The van der Waals surface area contributed by atoms with Crippen LogP contribution in [0.1, 0.15) is 29.3 Å². The Bertz CT molecular complexity index is 490. The van der Waals surface area contributed by atoms with Gasteiger partial charge in [-0.3, -0.25) is 4.90 Å². The number of hydrogen-bond acceptors (Lipinski definition) is 4. The van der Waals surface area contributed by atoms with E-state index in [2.05, 4.69) is 9.64 Å². The largest absolute Gasteiger partial charge is 0.465 e. The summed E-state index contributed by atoms with van der Waals surface area (Å²) in [6.45, 7) is 3.92. The minimum absolute atomic E-state index is 0.219. The number of halogens is 1. The van der Waals surface area contributed by atoms with Gasteiger partial charge in [0, 0.05) is 18.7 Å².